The van der Waals surface area contributed by atoms with Gasteiger partial charge in [0, 0.05) is 12.6 Å². The Balaban J connectivity index is 0.00000289. The summed E-state index contributed by atoms with van der Waals surface area (Å²) in [5.74, 6) is 0.00589. The number of phenolic OH excluding ortho intramolecular Hbond substituents is 1. The SMILES string of the molecule is CCN(CC)CCc1ccc([N+](=O)[O-])cc1O.N. The molecule has 0 fully saturated rings. The van der Waals surface area contributed by atoms with Gasteiger partial charge in [-0.2, -0.15) is 0 Å². The van der Waals surface area contributed by atoms with Crippen LogP contribution in [0.3, 0.4) is 0 Å². The lowest BCUT2D eigenvalue weighted by Gasteiger charge is -2.17. The van der Waals surface area contributed by atoms with Crippen molar-refractivity contribution in [3.8, 4) is 5.75 Å². The molecule has 0 aliphatic carbocycles. The summed E-state index contributed by atoms with van der Waals surface area (Å²) in [5.41, 5.74) is 0.677. The Hall–Kier alpha value is -1.66. The number of nitrogens with zero attached hydrogens (tertiary/aromatic N) is 2. The van der Waals surface area contributed by atoms with Gasteiger partial charge in [-0.05, 0) is 31.1 Å². The van der Waals surface area contributed by atoms with Crippen LogP contribution in [0.15, 0.2) is 18.2 Å². The molecule has 0 atom stereocenters. The first-order valence-electron chi connectivity index (χ1n) is 5.77. The zero-order valence-electron chi connectivity index (χ0n) is 10.9. The molecule has 18 heavy (non-hydrogen) atoms. The number of hydrogen-bond acceptors (Lipinski definition) is 5. The summed E-state index contributed by atoms with van der Waals surface area (Å²) >= 11 is 0. The molecule has 0 amide bonds. The first-order chi connectivity index (χ1) is 8.08. The van der Waals surface area contributed by atoms with E-state index in [2.05, 4.69) is 18.7 Å². The van der Waals surface area contributed by atoms with E-state index in [-0.39, 0.29) is 17.6 Å². The summed E-state index contributed by atoms with van der Waals surface area (Å²) < 4.78 is 0. The molecule has 102 valence electrons. The standard InChI is InChI=1S/C12H18N2O3.H3N/c1-3-13(4-2)8-7-10-5-6-11(14(16)17)9-12(10)15;/h5-6,9,15H,3-4,7-8H2,1-2H3;1H3. The topological polar surface area (TPSA) is 102 Å². The molecule has 6 nitrogen and oxygen atoms in total. The van der Waals surface area contributed by atoms with Gasteiger partial charge in [-0.1, -0.05) is 13.8 Å². The summed E-state index contributed by atoms with van der Waals surface area (Å²) in [7, 11) is 0. The summed E-state index contributed by atoms with van der Waals surface area (Å²) in [6, 6.07) is 4.26. The third kappa shape index (κ3) is 4.31. The zero-order valence-corrected chi connectivity index (χ0v) is 10.9. The molecule has 0 saturated heterocycles. The lowest BCUT2D eigenvalue weighted by molar-refractivity contribution is -0.384. The molecule has 0 bridgehead atoms. The highest BCUT2D eigenvalue weighted by molar-refractivity contribution is 5.43. The Morgan fingerprint density at radius 2 is 1.94 bits per heavy atom. The van der Waals surface area contributed by atoms with E-state index >= 15 is 0 Å². The molecule has 6 heteroatoms. The largest absolute Gasteiger partial charge is 0.507 e. The molecule has 0 saturated carbocycles. The third-order valence-corrected chi connectivity index (χ3v) is 2.87. The molecule has 0 aliphatic rings. The van der Waals surface area contributed by atoms with Crippen LogP contribution in [0.5, 0.6) is 5.75 Å². The van der Waals surface area contributed by atoms with Gasteiger partial charge >= 0.3 is 0 Å². The van der Waals surface area contributed by atoms with Crippen LogP contribution in [0.1, 0.15) is 19.4 Å². The van der Waals surface area contributed by atoms with Crippen molar-refractivity contribution in [2.45, 2.75) is 20.3 Å². The lowest BCUT2D eigenvalue weighted by Crippen LogP contribution is -2.25. The Morgan fingerprint density at radius 1 is 1.33 bits per heavy atom. The fraction of sp³-hybridized carbons (Fsp3) is 0.500. The van der Waals surface area contributed by atoms with Crippen molar-refractivity contribution >= 4 is 5.69 Å². The number of nitro benzene ring substituents is 1. The highest BCUT2D eigenvalue weighted by Gasteiger charge is 2.10. The second-order valence-electron chi connectivity index (χ2n) is 3.85. The van der Waals surface area contributed by atoms with Crippen LogP contribution in [-0.4, -0.2) is 34.6 Å². The van der Waals surface area contributed by atoms with E-state index in [4.69, 9.17) is 0 Å². The minimum Gasteiger partial charge on any atom is -0.507 e. The molecule has 1 aromatic carbocycles. The number of aromatic hydroxyl groups is 1. The molecule has 4 N–H and O–H groups in total. The Labute approximate surface area is 107 Å². The van der Waals surface area contributed by atoms with Crippen LogP contribution in [0.25, 0.3) is 0 Å². The molecular formula is C12H21N3O3. The van der Waals surface area contributed by atoms with Crippen molar-refractivity contribution in [2.75, 3.05) is 19.6 Å². The predicted octanol–water partition coefficient (Wildman–Crippen LogP) is 2.35. The molecular weight excluding hydrogens is 234 g/mol. The molecule has 0 radical (unpaired) electrons. The highest BCUT2D eigenvalue weighted by atomic mass is 16.6. The molecule has 0 aromatic heterocycles. The Bertz CT molecular complexity index is 392. The van der Waals surface area contributed by atoms with Gasteiger partial charge < -0.3 is 16.2 Å². The van der Waals surface area contributed by atoms with Gasteiger partial charge in [-0.3, -0.25) is 10.1 Å². The highest BCUT2D eigenvalue weighted by Crippen LogP contribution is 2.23. The third-order valence-electron chi connectivity index (χ3n) is 2.87. The van der Waals surface area contributed by atoms with Crippen LogP contribution >= 0.6 is 0 Å². The first-order valence-corrected chi connectivity index (χ1v) is 5.77. The van der Waals surface area contributed by atoms with Crippen LogP contribution in [-0.2, 0) is 6.42 Å². The van der Waals surface area contributed by atoms with Gasteiger partial charge in [0.05, 0.1) is 11.0 Å². The molecule has 0 spiro atoms. The van der Waals surface area contributed by atoms with Gasteiger partial charge in [0.2, 0.25) is 0 Å². The average molecular weight is 255 g/mol. The second kappa shape index (κ2) is 7.62. The number of likely N-dealkylation sites (N-methyl/N-ethyl adjacent to an activating group) is 1. The van der Waals surface area contributed by atoms with Gasteiger partial charge in [0.15, 0.2) is 0 Å². The Morgan fingerprint density at radius 3 is 2.39 bits per heavy atom. The maximum absolute atomic E-state index is 10.5. The van der Waals surface area contributed by atoms with Gasteiger partial charge in [-0.15, -0.1) is 0 Å². The fourth-order valence-corrected chi connectivity index (χ4v) is 1.70. The number of hydrogen-bond donors (Lipinski definition) is 2. The summed E-state index contributed by atoms with van der Waals surface area (Å²) in [5, 5.41) is 20.2. The van der Waals surface area contributed by atoms with Crippen LogP contribution in [0, 0.1) is 10.1 Å². The zero-order chi connectivity index (χ0) is 12.8. The van der Waals surface area contributed by atoms with Gasteiger partial charge in [-0.25, -0.2) is 0 Å². The van der Waals surface area contributed by atoms with E-state index in [0.29, 0.717) is 6.42 Å². The monoisotopic (exact) mass is 255 g/mol. The first kappa shape index (κ1) is 16.3. The van der Waals surface area contributed by atoms with Crippen molar-refractivity contribution in [1.82, 2.24) is 11.1 Å². The van der Waals surface area contributed by atoms with E-state index in [1.165, 1.54) is 12.1 Å². The van der Waals surface area contributed by atoms with Crippen molar-refractivity contribution in [2.24, 2.45) is 0 Å². The summed E-state index contributed by atoms with van der Waals surface area (Å²) in [4.78, 5) is 12.2. The number of rotatable bonds is 6. The smallest absolute Gasteiger partial charge is 0.273 e. The fourth-order valence-electron chi connectivity index (χ4n) is 1.70. The van der Waals surface area contributed by atoms with E-state index in [1.807, 2.05) is 0 Å². The second-order valence-corrected chi connectivity index (χ2v) is 3.85. The quantitative estimate of drug-likeness (QED) is 0.600. The van der Waals surface area contributed by atoms with Crippen LogP contribution in [0.4, 0.5) is 5.69 Å². The maximum Gasteiger partial charge on any atom is 0.273 e. The van der Waals surface area contributed by atoms with E-state index in [0.717, 1.165) is 25.2 Å². The Kier molecular flexibility index (Phi) is 6.92. The maximum atomic E-state index is 10.5. The summed E-state index contributed by atoms with van der Waals surface area (Å²) in [6.07, 6.45) is 0.700. The average Bonchev–Trinajstić information content (AvgIpc) is 2.31. The summed E-state index contributed by atoms with van der Waals surface area (Å²) in [6.45, 7) is 6.94. The molecule has 0 aliphatic heterocycles. The van der Waals surface area contributed by atoms with Crippen molar-refractivity contribution < 1.29 is 10.0 Å². The molecule has 0 heterocycles. The van der Waals surface area contributed by atoms with E-state index in [9.17, 15) is 15.2 Å². The number of benzene rings is 1. The van der Waals surface area contributed by atoms with Crippen molar-refractivity contribution in [3.05, 3.63) is 33.9 Å². The van der Waals surface area contributed by atoms with Crippen molar-refractivity contribution in [1.29, 1.82) is 0 Å². The molecule has 1 aromatic rings. The normalized spacial score (nSPS) is 10.2. The van der Waals surface area contributed by atoms with Gasteiger partial charge in [0.25, 0.3) is 5.69 Å². The van der Waals surface area contributed by atoms with E-state index < -0.39 is 4.92 Å². The minimum atomic E-state index is -0.506. The number of non-ortho nitro benzene ring substituents is 1. The van der Waals surface area contributed by atoms with Crippen molar-refractivity contribution in [3.63, 3.8) is 0 Å². The number of nitro groups is 1. The molecule has 0 unspecified atom stereocenters. The molecule has 1 rings (SSSR count). The van der Waals surface area contributed by atoms with E-state index in [1.54, 1.807) is 6.07 Å². The lowest BCUT2D eigenvalue weighted by atomic mass is 10.1. The van der Waals surface area contributed by atoms with Gasteiger partial charge in [0.1, 0.15) is 5.75 Å². The van der Waals surface area contributed by atoms with Crippen LogP contribution < -0.4 is 6.15 Å². The number of phenols is 1. The minimum absolute atomic E-state index is 0. The predicted molar refractivity (Wildman–Crippen MR) is 71.3 cm³/mol. The van der Waals surface area contributed by atoms with Crippen LogP contribution in [0.2, 0.25) is 0 Å².